The number of anilines is 2. The maximum atomic E-state index is 13.7. The number of ether oxygens (including phenoxy) is 1. The summed E-state index contributed by atoms with van der Waals surface area (Å²) in [7, 11) is 1.84. The normalized spacial score (nSPS) is 10.5. The lowest BCUT2D eigenvalue weighted by molar-refractivity contribution is 0.322. The highest BCUT2D eigenvalue weighted by Crippen LogP contribution is 2.31. The highest BCUT2D eigenvalue weighted by molar-refractivity contribution is 5.69. The van der Waals surface area contributed by atoms with E-state index in [0.717, 1.165) is 5.56 Å². The third kappa shape index (κ3) is 3.62. The molecule has 0 unspecified atom stereocenters. The Labute approximate surface area is 122 Å². The molecule has 0 amide bonds. The van der Waals surface area contributed by atoms with Crippen molar-refractivity contribution in [1.29, 1.82) is 0 Å². The maximum Gasteiger partial charge on any atom is 0.167 e. The molecule has 0 aliphatic rings. The van der Waals surface area contributed by atoms with Gasteiger partial charge >= 0.3 is 0 Å². The first kappa shape index (κ1) is 15.1. The van der Waals surface area contributed by atoms with Gasteiger partial charge in [0, 0.05) is 25.7 Å². The molecule has 0 bridgehead atoms. The lowest BCUT2D eigenvalue weighted by Gasteiger charge is -2.22. The molecule has 0 radical (unpaired) electrons. The number of benzene rings is 2. The van der Waals surface area contributed by atoms with Crippen LogP contribution >= 0.6 is 0 Å². The van der Waals surface area contributed by atoms with E-state index in [4.69, 9.17) is 10.5 Å². The van der Waals surface area contributed by atoms with Gasteiger partial charge in [-0.25, -0.2) is 8.78 Å². The molecule has 0 saturated heterocycles. The number of hydrogen-bond acceptors (Lipinski definition) is 3. The monoisotopic (exact) mass is 292 g/mol. The van der Waals surface area contributed by atoms with Gasteiger partial charge in [-0.1, -0.05) is 12.1 Å². The molecule has 5 heteroatoms. The zero-order chi connectivity index (χ0) is 15.4. The fraction of sp³-hybridized carbons (Fsp3) is 0.250. The van der Waals surface area contributed by atoms with E-state index < -0.39 is 5.82 Å². The summed E-state index contributed by atoms with van der Waals surface area (Å²) in [6.07, 6.45) is 0. The first-order valence-corrected chi connectivity index (χ1v) is 6.68. The van der Waals surface area contributed by atoms with Crippen LogP contribution in [0.1, 0.15) is 12.5 Å². The predicted molar refractivity (Wildman–Crippen MR) is 80.5 cm³/mol. The van der Waals surface area contributed by atoms with Gasteiger partial charge in [0.2, 0.25) is 0 Å². The molecule has 0 aliphatic carbocycles. The van der Waals surface area contributed by atoms with Gasteiger partial charge in [0.25, 0.3) is 0 Å². The topological polar surface area (TPSA) is 38.5 Å². The van der Waals surface area contributed by atoms with Crippen molar-refractivity contribution in [2.75, 3.05) is 24.3 Å². The van der Waals surface area contributed by atoms with Crippen molar-refractivity contribution in [3.05, 3.63) is 53.6 Å². The third-order valence-corrected chi connectivity index (χ3v) is 3.13. The molecular weight excluding hydrogens is 274 g/mol. The summed E-state index contributed by atoms with van der Waals surface area (Å²) in [5.41, 5.74) is 7.80. The summed E-state index contributed by atoms with van der Waals surface area (Å²) < 4.78 is 31.8. The molecule has 0 heterocycles. The number of nitrogens with two attached hydrogens (primary N) is 1. The maximum absolute atomic E-state index is 13.7. The first-order chi connectivity index (χ1) is 10.0. The van der Waals surface area contributed by atoms with Crippen LogP contribution in [-0.2, 0) is 6.54 Å². The molecule has 2 N–H and O–H groups in total. The Morgan fingerprint density at radius 1 is 1.14 bits per heavy atom. The molecule has 112 valence electrons. The minimum Gasteiger partial charge on any atom is -0.491 e. The summed E-state index contributed by atoms with van der Waals surface area (Å²) in [6.45, 7) is 2.70. The minimum atomic E-state index is -0.478. The van der Waals surface area contributed by atoms with Gasteiger partial charge in [-0.3, -0.25) is 0 Å². The molecule has 2 aromatic rings. The van der Waals surface area contributed by atoms with Gasteiger partial charge in [-0.15, -0.1) is 0 Å². The van der Waals surface area contributed by atoms with E-state index in [1.165, 1.54) is 18.2 Å². The lowest BCUT2D eigenvalue weighted by Crippen LogP contribution is -2.18. The van der Waals surface area contributed by atoms with Gasteiger partial charge in [-0.05, 0) is 24.6 Å². The van der Waals surface area contributed by atoms with Gasteiger partial charge in [0.15, 0.2) is 11.6 Å². The van der Waals surface area contributed by atoms with Crippen molar-refractivity contribution < 1.29 is 13.5 Å². The molecule has 0 aromatic heterocycles. The zero-order valence-corrected chi connectivity index (χ0v) is 12.1. The summed E-state index contributed by atoms with van der Waals surface area (Å²) in [6, 6.07) is 9.05. The second-order valence-corrected chi connectivity index (χ2v) is 4.76. The molecule has 21 heavy (non-hydrogen) atoms. The van der Waals surface area contributed by atoms with Crippen LogP contribution < -0.4 is 15.4 Å². The van der Waals surface area contributed by atoms with E-state index in [0.29, 0.717) is 24.5 Å². The summed E-state index contributed by atoms with van der Waals surface area (Å²) in [5, 5.41) is 0. The van der Waals surface area contributed by atoms with Crippen LogP contribution in [0.4, 0.5) is 20.2 Å². The van der Waals surface area contributed by atoms with Crippen molar-refractivity contribution in [2.24, 2.45) is 0 Å². The molecule has 0 spiro atoms. The first-order valence-electron chi connectivity index (χ1n) is 6.68. The fourth-order valence-corrected chi connectivity index (χ4v) is 2.10. The Hall–Kier alpha value is -2.30. The highest BCUT2D eigenvalue weighted by Gasteiger charge is 2.12. The van der Waals surface area contributed by atoms with Crippen LogP contribution in [0.3, 0.4) is 0 Å². The van der Waals surface area contributed by atoms with Crippen molar-refractivity contribution in [3.8, 4) is 5.75 Å². The average Bonchev–Trinajstić information content (AvgIpc) is 2.44. The van der Waals surface area contributed by atoms with Crippen molar-refractivity contribution >= 4 is 11.4 Å². The Balaban J connectivity index is 2.23. The largest absolute Gasteiger partial charge is 0.491 e. The molecule has 3 nitrogen and oxygen atoms in total. The minimum absolute atomic E-state index is 0.174. The zero-order valence-electron chi connectivity index (χ0n) is 12.1. The fourth-order valence-electron chi connectivity index (χ4n) is 2.10. The number of halogens is 2. The van der Waals surface area contributed by atoms with Crippen molar-refractivity contribution in [2.45, 2.75) is 13.5 Å². The van der Waals surface area contributed by atoms with Crippen LogP contribution in [0.2, 0.25) is 0 Å². The van der Waals surface area contributed by atoms with Crippen LogP contribution in [0.25, 0.3) is 0 Å². The van der Waals surface area contributed by atoms with E-state index in [1.54, 1.807) is 25.1 Å². The van der Waals surface area contributed by atoms with E-state index in [1.807, 2.05) is 11.9 Å². The summed E-state index contributed by atoms with van der Waals surface area (Å²) in [5.74, 6) is -0.581. The summed E-state index contributed by atoms with van der Waals surface area (Å²) in [4.78, 5) is 1.87. The Kier molecular flexibility index (Phi) is 4.62. The molecule has 0 fully saturated rings. The van der Waals surface area contributed by atoms with Crippen LogP contribution in [-0.4, -0.2) is 13.7 Å². The van der Waals surface area contributed by atoms with Crippen LogP contribution in [0, 0.1) is 11.6 Å². The number of hydrogen-bond donors (Lipinski definition) is 1. The molecule has 0 atom stereocenters. The van der Waals surface area contributed by atoms with E-state index in [-0.39, 0.29) is 11.6 Å². The number of nitrogen functional groups attached to an aromatic ring is 1. The van der Waals surface area contributed by atoms with Gasteiger partial charge in [0.1, 0.15) is 5.82 Å². The molecule has 2 rings (SSSR count). The van der Waals surface area contributed by atoms with Crippen LogP contribution in [0.5, 0.6) is 5.75 Å². The van der Waals surface area contributed by atoms with Crippen molar-refractivity contribution in [1.82, 2.24) is 0 Å². The molecule has 2 aromatic carbocycles. The van der Waals surface area contributed by atoms with Gasteiger partial charge in [-0.2, -0.15) is 0 Å². The predicted octanol–water partition coefficient (Wildman–Crippen LogP) is 3.58. The Morgan fingerprint density at radius 2 is 1.81 bits per heavy atom. The smallest absolute Gasteiger partial charge is 0.167 e. The van der Waals surface area contributed by atoms with Gasteiger partial charge in [0.05, 0.1) is 18.0 Å². The average molecular weight is 292 g/mol. The summed E-state index contributed by atoms with van der Waals surface area (Å²) >= 11 is 0. The third-order valence-electron chi connectivity index (χ3n) is 3.13. The van der Waals surface area contributed by atoms with Crippen molar-refractivity contribution in [3.63, 3.8) is 0 Å². The number of rotatable bonds is 5. The Morgan fingerprint density at radius 3 is 2.43 bits per heavy atom. The standard InChI is InChI=1S/C16H18F2N2O/c1-3-21-16-9-15(14(19)8-13(16)18)20(2)10-11-4-6-12(17)7-5-11/h4-9H,3,10,19H2,1-2H3. The second-order valence-electron chi connectivity index (χ2n) is 4.76. The SMILES string of the molecule is CCOc1cc(N(C)Cc2ccc(F)cc2)c(N)cc1F. The van der Waals surface area contributed by atoms with E-state index >= 15 is 0 Å². The van der Waals surface area contributed by atoms with E-state index in [9.17, 15) is 8.78 Å². The molecule has 0 aliphatic heterocycles. The molecular formula is C16H18F2N2O. The lowest BCUT2D eigenvalue weighted by atomic mass is 10.2. The quantitative estimate of drug-likeness (QED) is 0.856. The van der Waals surface area contributed by atoms with Gasteiger partial charge < -0.3 is 15.4 Å². The van der Waals surface area contributed by atoms with E-state index in [2.05, 4.69) is 0 Å². The number of nitrogens with zero attached hydrogens (tertiary/aromatic N) is 1. The van der Waals surface area contributed by atoms with Crippen LogP contribution in [0.15, 0.2) is 36.4 Å². The molecule has 0 saturated carbocycles. The second kappa shape index (κ2) is 6.43. The Bertz CT molecular complexity index is 614. The highest BCUT2D eigenvalue weighted by atomic mass is 19.1.